The van der Waals surface area contributed by atoms with E-state index in [0.717, 1.165) is 4.90 Å². The number of non-ortho nitro benzene ring substituents is 1. The van der Waals surface area contributed by atoms with Gasteiger partial charge in [0, 0.05) is 27.2 Å². The highest BCUT2D eigenvalue weighted by Gasteiger charge is 2.37. The molecule has 0 unspecified atom stereocenters. The molecule has 0 spiro atoms. The molecule has 11 heteroatoms. The van der Waals surface area contributed by atoms with Crippen LogP contribution in [0.2, 0.25) is 5.02 Å². The Morgan fingerprint density at radius 1 is 1.08 bits per heavy atom. The predicted molar refractivity (Wildman–Crippen MR) is 137 cm³/mol. The number of urea groups is 1. The van der Waals surface area contributed by atoms with Gasteiger partial charge in [-0.25, -0.2) is 9.69 Å². The number of hydrogen-bond acceptors (Lipinski definition) is 6. The second kappa shape index (κ2) is 10.3. The number of carbonyl (C=O) groups excluding carboxylic acids is 3. The second-order valence-corrected chi connectivity index (χ2v) is 9.14. The van der Waals surface area contributed by atoms with Crippen molar-refractivity contribution in [3.8, 4) is 5.75 Å². The fourth-order valence-electron chi connectivity index (χ4n) is 3.49. The molecule has 1 heterocycles. The highest BCUT2D eigenvalue weighted by molar-refractivity contribution is 9.10. The van der Waals surface area contributed by atoms with E-state index < -0.39 is 22.8 Å². The van der Waals surface area contributed by atoms with Crippen molar-refractivity contribution in [1.82, 2.24) is 5.32 Å². The molecule has 0 saturated carbocycles. The van der Waals surface area contributed by atoms with Crippen molar-refractivity contribution in [2.75, 3.05) is 4.90 Å². The Labute approximate surface area is 218 Å². The third kappa shape index (κ3) is 5.29. The van der Waals surface area contributed by atoms with Gasteiger partial charge >= 0.3 is 6.03 Å². The summed E-state index contributed by atoms with van der Waals surface area (Å²) in [5.74, 6) is -1.30. The van der Waals surface area contributed by atoms with Crippen molar-refractivity contribution in [1.29, 1.82) is 0 Å². The van der Waals surface area contributed by atoms with Crippen LogP contribution >= 0.6 is 27.5 Å². The van der Waals surface area contributed by atoms with Gasteiger partial charge in [-0.3, -0.25) is 25.0 Å². The van der Waals surface area contributed by atoms with Gasteiger partial charge in [0.05, 0.1) is 10.6 Å². The van der Waals surface area contributed by atoms with E-state index in [9.17, 15) is 24.5 Å². The summed E-state index contributed by atoms with van der Waals surface area (Å²) >= 11 is 9.44. The van der Waals surface area contributed by atoms with E-state index in [1.54, 1.807) is 49.4 Å². The number of aryl methyl sites for hydroxylation is 1. The van der Waals surface area contributed by atoms with Gasteiger partial charge in [-0.05, 0) is 66.6 Å². The van der Waals surface area contributed by atoms with Gasteiger partial charge in [-0.2, -0.15) is 0 Å². The molecule has 0 radical (unpaired) electrons. The van der Waals surface area contributed by atoms with E-state index in [4.69, 9.17) is 16.3 Å². The third-order valence-electron chi connectivity index (χ3n) is 5.33. The monoisotopic (exact) mass is 569 g/mol. The van der Waals surface area contributed by atoms with Gasteiger partial charge in [0.1, 0.15) is 17.9 Å². The number of anilines is 1. The van der Waals surface area contributed by atoms with Crippen LogP contribution in [0.5, 0.6) is 5.75 Å². The van der Waals surface area contributed by atoms with E-state index >= 15 is 0 Å². The number of nitrogens with zero attached hydrogens (tertiary/aromatic N) is 2. The maximum Gasteiger partial charge on any atom is 0.335 e. The highest BCUT2D eigenvalue weighted by Crippen LogP contribution is 2.31. The van der Waals surface area contributed by atoms with E-state index in [1.165, 1.54) is 24.3 Å². The number of amides is 4. The van der Waals surface area contributed by atoms with E-state index in [2.05, 4.69) is 21.2 Å². The predicted octanol–water partition coefficient (Wildman–Crippen LogP) is 5.56. The van der Waals surface area contributed by atoms with Crippen molar-refractivity contribution < 1.29 is 24.0 Å². The summed E-state index contributed by atoms with van der Waals surface area (Å²) in [5.41, 5.74) is 1.65. The molecule has 4 amide bonds. The lowest BCUT2D eigenvalue weighted by Gasteiger charge is -2.27. The average molecular weight is 571 g/mol. The summed E-state index contributed by atoms with van der Waals surface area (Å²) in [5, 5.41) is 13.4. The number of nitrogens with one attached hydrogen (secondary N) is 1. The molecule has 1 aliphatic rings. The van der Waals surface area contributed by atoms with Crippen molar-refractivity contribution in [3.05, 3.63) is 103 Å². The summed E-state index contributed by atoms with van der Waals surface area (Å²) in [6.07, 6.45) is 1.34. The van der Waals surface area contributed by atoms with Gasteiger partial charge in [-0.1, -0.05) is 33.6 Å². The molecule has 1 aliphatic heterocycles. The topological polar surface area (TPSA) is 119 Å². The normalized spacial score (nSPS) is 14.7. The Kier molecular flexibility index (Phi) is 7.18. The number of nitro benzene ring substituents is 1. The lowest BCUT2D eigenvalue weighted by Crippen LogP contribution is -2.54. The molecule has 0 aliphatic carbocycles. The van der Waals surface area contributed by atoms with E-state index in [-0.39, 0.29) is 23.6 Å². The third-order valence-corrected chi connectivity index (χ3v) is 6.06. The zero-order chi connectivity index (χ0) is 26.0. The maximum absolute atomic E-state index is 13.3. The van der Waals surface area contributed by atoms with Crippen LogP contribution in [-0.4, -0.2) is 22.8 Å². The summed E-state index contributed by atoms with van der Waals surface area (Å²) < 4.78 is 6.55. The average Bonchev–Trinajstić information content (AvgIpc) is 2.83. The van der Waals surface area contributed by atoms with Crippen LogP contribution in [0.25, 0.3) is 6.08 Å². The van der Waals surface area contributed by atoms with Crippen molar-refractivity contribution in [3.63, 3.8) is 0 Å². The molecular weight excluding hydrogens is 554 g/mol. The molecule has 36 heavy (non-hydrogen) atoms. The summed E-state index contributed by atoms with van der Waals surface area (Å²) in [4.78, 5) is 49.7. The first-order valence-corrected chi connectivity index (χ1v) is 11.6. The van der Waals surface area contributed by atoms with Gasteiger partial charge in [0.15, 0.2) is 0 Å². The molecule has 3 aromatic carbocycles. The SMILES string of the molecule is Cc1ccc(Cl)cc1N1C(=O)NC(=O)/C(=C\c2cc(Br)ccc2OCc2ccc([N+](=O)[O-])cc2)C1=O. The lowest BCUT2D eigenvalue weighted by molar-refractivity contribution is -0.384. The van der Waals surface area contributed by atoms with Crippen LogP contribution in [-0.2, 0) is 16.2 Å². The molecule has 3 aromatic rings. The molecule has 9 nitrogen and oxygen atoms in total. The first-order chi connectivity index (χ1) is 17.1. The fraction of sp³-hybridized carbons (Fsp3) is 0.0800. The fourth-order valence-corrected chi connectivity index (χ4v) is 4.04. The summed E-state index contributed by atoms with van der Waals surface area (Å²) in [7, 11) is 0. The first kappa shape index (κ1) is 25.1. The Hall–Kier alpha value is -4.02. The van der Waals surface area contributed by atoms with Crippen LogP contribution in [0.1, 0.15) is 16.7 Å². The molecule has 0 atom stereocenters. The quantitative estimate of drug-likeness (QED) is 0.179. The minimum atomic E-state index is -0.878. The lowest BCUT2D eigenvalue weighted by atomic mass is 10.0. The Morgan fingerprint density at radius 3 is 2.50 bits per heavy atom. The molecule has 1 fully saturated rings. The molecule has 0 bridgehead atoms. The second-order valence-electron chi connectivity index (χ2n) is 7.78. The number of halogens is 2. The number of imide groups is 2. The zero-order valence-corrected chi connectivity index (χ0v) is 21.0. The van der Waals surface area contributed by atoms with Gasteiger partial charge in [0.25, 0.3) is 17.5 Å². The largest absolute Gasteiger partial charge is 0.488 e. The minimum absolute atomic E-state index is 0.0383. The maximum atomic E-state index is 13.3. The number of barbiturate groups is 1. The standard InChI is InChI=1S/C25H17BrClN3O6/c1-14-2-6-18(27)12-21(14)29-24(32)20(23(31)28-25(29)33)11-16-10-17(26)5-9-22(16)36-13-15-3-7-19(8-4-15)30(34)35/h2-12H,13H2,1H3,(H,28,31,33)/b20-11+. The smallest absolute Gasteiger partial charge is 0.335 e. The Bertz CT molecular complexity index is 1440. The summed E-state index contributed by atoms with van der Waals surface area (Å²) in [6, 6.07) is 14.8. The van der Waals surface area contributed by atoms with Crippen LogP contribution in [0, 0.1) is 17.0 Å². The van der Waals surface area contributed by atoms with Crippen molar-refractivity contribution in [2.24, 2.45) is 0 Å². The van der Waals surface area contributed by atoms with E-state index in [0.29, 0.717) is 31.9 Å². The van der Waals surface area contributed by atoms with Crippen LogP contribution in [0.4, 0.5) is 16.2 Å². The van der Waals surface area contributed by atoms with Crippen molar-refractivity contribution >= 4 is 62.8 Å². The summed E-state index contributed by atoms with van der Waals surface area (Å²) in [6.45, 7) is 1.80. The van der Waals surface area contributed by atoms with Gasteiger partial charge in [0.2, 0.25) is 0 Å². The van der Waals surface area contributed by atoms with Crippen LogP contribution in [0.15, 0.2) is 70.7 Å². The van der Waals surface area contributed by atoms with Crippen molar-refractivity contribution in [2.45, 2.75) is 13.5 Å². The van der Waals surface area contributed by atoms with Gasteiger partial charge in [-0.15, -0.1) is 0 Å². The Balaban J connectivity index is 1.66. The van der Waals surface area contributed by atoms with Crippen LogP contribution in [0.3, 0.4) is 0 Å². The number of benzene rings is 3. The zero-order valence-electron chi connectivity index (χ0n) is 18.7. The molecule has 1 saturated heterocycles. The van der Waals surface area contributed by atoms with Crippen LogP contribution < -0.4 is 15.0 Å². The number of ether oxygens (including phenoxy) is 1. The first-order valence-electron chi connectivity index (χ1n) is 10.5. The minimum Gasteiger partial charge on any atom is -0.488 e. The number of rotatable bonds is 6. The molecule has 0 aromatic heterocycles. The van der Waals surface area contributed by atoms with E-state index in [1.807, 2.05) is 0 Å². The molecule has 4 rings (SSSR count). The number of nitro groups is 1. The number of carbonyl (C=O) groups is 3. The molecule has 182 valence electrons. The van der Waals surface area contributed by atoms with Gasteiger partial charge < -0.3 is 4.74 Å². The highest BCUT2D eigenvalue weighted by atomic mass is 79.9. The Morgan fingerprint density at radius 2 is 1.81 bits per heavy atom. The number of hydrogen-bond donors (Lipinski definition) is 1. The molecular formula is C25H17BrClN3O6. The molecule has 1 N–H and O–H groups in total.